The SMILES string of the molecule is O=C(NC(=S)NNC(=O)c1ccccc1[N+](=O)[O-])c1ccc(Cl)cc1. The maximum atomic E-state index is 12.0. The zero-order chi connectivity index (χ0) is 18.4. The number of hydrazine groups is 1. The van der Waals surface area contributed by atoms with Crippen LogP contribution in [0.4, 0.5) is 5.69 Å². The van der Waals surface area contributed by atoms with E-state index in [-0.39, 0.29) is 16.4 Å². The van der Waals surface area contributed by atoms with Crippen molar-refractivity contribution in [2.75, 3.05) is 0 Å². The predicted octanol–water partition coefficient (Wildman–Crippen LogP) is 2.20. The molecule has 2 aromatic carbocycles. The average molecular weight is 379 g/mol. The Morgan fingerprint density at radius 3 is 2.28 bits per heavy atom. The van der Waals surface area contributed by atoms with Crippen LogP contribution in [0.3, 0.4) is 0 Å². The number of thiocarbonyl (C=S) groups is 1. The molecular weight excluding hydrogens is 368 g/mol. The lowest BCUT2D eigenvalue weighted by Gasteiger charge is -2.11. The van der Waals surface area contributed by atoms with E-state index in [0.29, 0.717) is 10.6 Å². The van der Waals surface area contributed by atoms with Gasteiger partial charge in [-0.1, -0.05) is 23.7 Å². The third kappa shape index (κ3) is 4.96. The lowest BCUT2D eigenvalue weighted by molar-refractivity contribution is -0.385. The third-order valence-electron chi connectivity index (χ3n) is 2.97. The van der Waals surface area contributed by atoms with Gasteiger partial charge in [0.2, 0.25) is 0 Å². The van der Waals surface area contributed by atoms with Gasteiger partial charge in [-0.15, -0.1) is 0 Å². The number of hydrogen-bond donors (Lipinski definition) is 3. The van der Waals surface area contributed by atoms with Gasteiger partial charge in [0.1, 0.15) is 5.56 Å². The van der Waals surface area contributed by atoms with Crippen LogP contribution >= 0.6 is 23.8 Å². The second-order valence-electron chi connectivity index (χ2n) is 4.64. The molecule has 0 saturated heterocycles. The molecule has 10 heteroatoms. The van der Waals surface area contributed by atoms with Gasteiger partial charge in [-0.2, -0.15) is 0 Å². The minimum Gasteiger partial charge on any atom is -0.298 e. The van der Waals surface area contributed by atoms with Gasteiger partial charge in [-0.3, -0.25) is 35.9 Å². The summed E-state index contributed by atoms with van der Waals surface area (Å²) >= 11 is 10.6. The van der Waals surface area contributed by atoms with Gasteiger partial charge in [-0.05, 0) is 42.5 Å². The minimum atomic E-state index is -0.768. The van der Waals surface area contributed by atoms with Crippen LogP contribution in [0.2, 0.25) is 5.02 Å². The standard InChI is InChI=1S/C15H11ClN4O4S/c16-10-7-5-9(6-8-10)13(21)17-15(25)19-18-14(22)11-3-1-2-4-12(11)20(23)24/h1-8H,(H,18,22)(H2,17,19,21,25). The Bertz CT molecular complexity index is 842. The molecule has 2 rings (SSSR count). The van der Waals surface area contributed by atoms with Crippen molar-refractivity contribution in [2.45, 2.75) is 0 Å². The van der Waals surface area contributed by atoms with E-state index in [1.54, 1.807) is 12.1 Å². The molecule has 0 radical (unpaired) electrons. The first kappa shape index (κ1) is 18.3. The molecule has 128 valence electrons. The maximum Gasteiger partial charge on any atom is 0.282 e. The van der Waals surface area contributed by atoms with Gasteiger partial charge in [0.05, 0.1) is 4.92 Å². The van der Waals surface area contributed by atoms with Crippen LogP contribution in [0.1, 0.15) is 20.7 Å². The van der Waals surface area contributed by atoms with Crippen LogP contribution in [0.5, 0.6) is 0 Å². The average Bonchev–Trinajstić information content (AvgIpc) is 2.60. The number of nitrogens with one attached hydrogen (secondary N) is 3. The number of nitro benzene ring substituents is 1. The first-order valence-corrected chi connectivity index (χ1v) is 7.58. The summed E-state index contributed by atoms with van der Waals surface area (Å²) < 4.78 is 0. The molecule has 0 saturated carbocycles. The number of nitro groups is 1. The smallest absolute Gasteiger partial charge is 0.282 e. The molecule has 0 aliphatic carbocycles. The van der Waals surface area contributed by atoms with Crippen LogP contribution < -0.4 is 16.2 Å². The van der Waals surface area contributed by atoms with Crippen molar-refractivity contribution >= 4 is 46.4 Å². The summed E-state index contributed by atoms with van der Waals surface area (Å²) in [5.74, 6) is -1.27. The molecule has 0 bridgehead atoms. The largest absolute Gasteiger partial charge is 0.298 e. The Hall–Kier alpha value is -3.04. The molecule has 8 nitrogen and oxygen atoms in total. The quantitative estimate of drug-likeness (QED) is 0.428. The van der Waals surface area contributed by atoms with Crippen molar-refractivity contribution in [3.05, 3.63) is 74.8 Å². The molecular formula is C15H11ClN4O4S. The van der Waals surface area contributed by atoms with Crippen molar-refractivity contribution in [3.63, 3.8) is 0 Å². The zero-order valence-corrected chi connectivity index (χ0v) is 14.1. The van der Waals surface area contributed by atoms with Crippen LogP contribution in [-0.2, 0) is 0 Å². The van der Waals surface area contributed by atoms with Crippen LogP contribution in [0.25, 0.3) is 0 Å². The van der Waals surface area contributed by atoms with Crippen LogP contribution in [-0.4, -0.2) is 21.9 Å². The number of amides is 2. The number of carbonyl (C=O) groups excluding carboxylic acids is 2. The molecule has 2 aromatic rings. The van der Waals surface area contributed by atoms with Gasteiger partial charge in [0, 0.05) is 16.7 Å². The summed E-state index contributed by atoms with van der Waals surface area (Å²) in [6, 6.07) is 11.5. The van der Waals surface area contributed by atoms with Crippen molar-refractivity contribution in [1.29, 1.82) is 0 Å². The Balaban J connectivity index is 1.94. The Kier molecular flexibility index (Phi) is 5.98. The fraction of sp³-hybridized carbons (Fsp3) is 0. The Labute approximate surface area is 152 Å². The molecule has 3 N–H and O–H groups in total. The lowest BCUT2D eigenvalue weighted by atomic mass is 10.2. The zero-order valence-electron chi connectivity index (χ0n) is 12.5. The minimum absolute atomic E-state index is 0.146. The van der Waals surface area contributed by atoms with Crippen molar-refractivity contribution in [1.82, 2.24) is 16.2 Å². The van der Waals surface area contributed by atoms with Crippen molar-refractivity contribution in [3.8, 4) is 0 Å². The molecule has 0 heterocycles. The van der Waals surface area contributed by atoms with Crippen LogP contribution in [0.15, 0.2) is 48.5 Å². The van der Waals surface area contributed by atoms with Gasteiger partial charge < -0.3 is 0 Å². The van der Waals surface area contributed by atoms with E-state index in [1.165, 1.54) is 36.4 Å². The van der Waals surface area contributed by atoms with Gasteiger partial charge in [0.25, 0.3) is 17.5 Å². The summed E-state index contributed by atoms with van der Waals surface area (Å²) in [4.78, 5) is 34.2. The number of nitrogens with zero attached hydrogens (tertiary/aromatic N) is 1. The normalized spacial score (nSPS) is 9.80. The van der Waals surface area contributed by atoms with E-state index >= 15 is 0 Å². The number of hydrogen-bond acceptors (Lipinski definition) is 5. The highest BCUT2D eigenvalue weighted by molar-refractivity contribution is 7.80. The highest BCUT2D eigenvalue weighted by Crippen LogP contribution is 2.16. The molecule has 0 aromatic heterocycles. The summed E-state index contributed by atoms with van der Waals surface area (Å²) in [6.45, 7) is 0. The van der Waals surface area contributed by atoms with E-state index in [0.717, 1.165) is 0 Å². The highest BCUT2D eigenvalue weighted by Gasteiger charge is 2.19. The first-order valence-electron chi connectivity index (χ1n) is 6.79. The lowest BCUT2D eigenvalue weighted by Crippen LogP contribution is -2.48. The monoisotopic (exact) mass is 378 g/mol. The van der Waals surface area contributed by atoms with E-state index in [2.05, 4.69) is 16.2 Å². The number of halogens is 1. The van der Waals surface area contributed by atoms with E-state index < -0.39 is 16.7 Å². The molecule has 2 amide bonds. The fourth-order valence-electron chi connectivity index (χ4n) is 1.81. The predicted molar refractivity (Wildman–Crippen MR) is 95.2 cm³/mol. The summed E-state index contributed by atoms with van der Waals surface area (Å²) in [6.07, 6.45) is 0. The molecule has 0 spiro atoms. The Morgan fingerprint density at radius 2 is 1.64 bits per heavy atom. The van der Waals surface area contributed by atoms with Crippen molar-refractivity contribution < 1.29 is 14.5 Å². The van der Waals surface area contributed by atoms with Crippen molar-refractivity contribution in [2.24, 2.45) is 0 Å². The molecule has 0 atom stereocenters. The summed E-state index contributed by atoms with van der Waals surface area (Å²) in [5.41, 5.74) is 4.32. The van der Waals surface area contributed by atoms with E-state index in [4.69, 9.17) is 23.8 Å². The Morgan fingerprint density at radius 1 is 1.00 bits per heavy atom. The second kappa shape index (κ2) is 8.18. The number of rotatable bonds is 3. The maximum absolute atomic E-state index is 12.0. The number of benzene rings is 2. The third-order valence-corrected chi connectivity index (χ3v) is 3.42. The number of para-hydroxylation sites is 1. The highest BCUT2D eigenvalue weighted by atomic mass is 35.5. The molecule has 0 aliphatic heterocycles. The number of carbonyl (C=O) groups is 2. The first-order chi connectivity index (χ1) is 11.9. The van der Waals surface area contributed by atoms with Gasteiger partial charge in [0.15, 0.2) is 5.11 Å². The summed E-state index contributed by atoms with van der Waals surface area (Å²) in [5, 5.41) is 13.6. The second-order valence-corrected chi connectivity index (χ2v) is 5.49. The molecule has 0 unspecified atom stereocenters. The van der Waals surface area contributed by atoms with Gasteiger partial charge >= 0.3 is 0 Å². The van der Waals surface area contributed by atoms with Gasteiger partial charge in [-0.25, -0.2) is 0 Å². The summed E-state index contributed by atoms with van der Waals surface area (Å²) in [7, 11) is 0. The topological polar surface area (TPSA) is 113 Å². The molecule has 0 fully saturated rings. The van der Waals surface area contributed by atoms with E-state index in [9.17, 15) is 19.7 Å². The molecule has 0 aliphatic rings. The molecule has 25 heavy (non-hydrogen) atoms. The fourth-order valence-corrected chi connectivity index (χ4v) is 2.08. The van der Waals surface area contributed by atoms with Crippen LogP contribution in [0, 0.1) is 10.1 Å². The van der Waals surface area contributed by atoms with E-state index in [1.807, 2.05) is 0 Å².